The molecule has 2 aromatic heterocycles. The van der Waals surface area contributed by atoms with E-state index in [0.29, 0.717) is 12.2 Å². The predicted molar refractivity (Wildman–Crippen MR) is 73.4 cm³/mol. The SMILES string of the molecule is Cc1cc(=O)c(C(=O)O)cn1Cc1cncc(Br)c1. The molecule has 0 saturated heterocycles. The Morgan fingerprint density at radius 2 is 2.16 bits per heavy atom. The zero-order valence-corrected chi connectivity index (χ0v) is 11.7. The first kappa shape index (κ1) is 13.5. The van der Waals surface area contributed by atoms with Gasteiger partial charge in [-0.1, -0.05) is 0 Å². The first-order chi connectivity index (χ1) is 8.97. The molecule has 0 aliphatic rings. The van der Waals surface area contributed by atoms with Crippen molar-refractivity contribution in [2.24, 2.45) is 0 Å². The number of hydrogen-bond acceptors (Lipinski definition) is 3. The average Bonchev–Trinajstić information content (AvgIpc) is 2.32. The predicted octanol–water partition coefficient (Wildman–Crippen LogP) is 2.06. The van der Waals surface area contributed by atoms with Gasteiger partial charge in [0.15, 0.2) is 5.43 Å². The van der Waals surface area contributed by atoms with Gasteiger partial charge in [0.05, 0.1) is 0 Å². The number of carboxylic acids is 1. The number of carbonyl (C=O) groups is 1. The average molecular weight is 323 g/mol. The lowest BCUT2D eigenvalue weighted by Gasteiger charge is -2.11. The fourth-order valence-corrected chi connectivity index (χ4v) is 2.15. The van der Waals surface area contributed by atoms with E-state index in [9.17, 15) is 9.59 Å². The van der Waals surface area contributed by atoms with Crippen molar-refractivity contribution in [3.05, 3.63) is 62.2 Å². The summed E-state index contributed by atoms with van der Waals surface area (Å²) in [5, 5.41) is 8.96. The van der Waals surface area contributed by atoms with Crippen LogP contribution in [0.4, 0.5) is 0 Å². The van der Waals surface area contributed by atoms with E-state index < -0.39 is 11.4 Å². The Labute approximate surface area is 117 Å². The second kappa shape index (κ2) is 5.36. The smallest absolute Gasteiger partial charge is 0.341 e. The van der Waals surface area contributed by atoms with Crippen LogP contribution in [0, 0.1) is 6.92 Å². The number of nitrogens with zero attached hydrogens (tertiary/aromatic N) is 2. The van der Waals surface area contributed by atoms with E-state index in [1.165, 1.54) is 12.3 Å². The molecule has 2 rings (SSSR count). The van der Waals surface area contributed by atoms with Gasteiger partial charge in [0.2, 0.25) is 0 Å². The molecule has 0 radical (unpaired) electrons. The van der Waals surface area contributed by atoms with Crippen LogP contribution in [0.2, 0.25) is 0 Å². The summed E-state index contributed by atoms with van der Waals surface area (Å²) in [7, 11) is 0. The largest absolute Gasteiger partial charge is 0.477 e. The molecule has 98 valence electrons. The third-order valence-corrected chi connectivity index (χ3v) is 3.12. The van der Waals surface area contributed by atoms with Gasteiger partial charge >= 0.3 is 5.97 Å². The molecule has 0 saturated carbocycles. The van der Waals surface area contributed by atoms with Crippen molar-refractivity contribution >= 4 is 21.9 Å². The number of hydrogen-bond donors (Lipinski definition) is 1. The molecule has 19 heavy (non-hydrogen) atoms. The van der Waals surface area contributed by atoms with Gasteiger partial charge in [-0.05, 0) is 34.5 Å². The summed E-state index contributed by atoms with van der Waals surface area (Å²) in [5.74, 6) is -1.22. The van der Waals surface area contributed by atoms with Crippen LogP contribution >= 0.6 is 15.9 Å². The van der Waals surface area contributed by atoms with E-state index in [-0.39, 0.29) is 5.56 Å². The molecule has 0 aliphatic heterocycles. The lowest BCUT2D eigenvalue weighted by atomic mass is 10.2. The van der Waals surface area contributed by atoms with E-state index in [1.807, 2.05) is 6.07 Å². The van der Waals surface area contributed by atoms with Gasteiger partial charge in [-0.15, -0.1) is 0 Å². The first-order valence-electron chi connectivity index (χ1n) is 5.51. The molecule has 2 heterocycles. The van der Waals surface area contributed by atoms with Crippen LogP contribution in [0.1, 0.15) is 21.6 Å². The Morgan fingerprint density at radius 3 is 2.79 bits per heavy atom. The van der Waals surface area contributed by atoms with E-state index in [1.54, 1.807) is 23.9 Å². The van der Waals surface area contributed by atoms with Crippen molar-refractivity contribution in [2.45, 2.75) is 13.5 Å². The molecule has 1 N–H and O–H groups in total. The zero-order chi connectivity index (χ0) is 14.0. The van der Waals surface area contributed by atoms with Crippen molar-refractivity contribution < 1.29 is 9.90 Å². The van der Waals surface area contributed by atoms with Crippen LogP contribution < -0.4 is 5.43 Å². The second-order valence-electron chi connectivity index (χ2n) is 4.14. The summed E-state index contributed by atoms with van der Waals surface area (Å²) < 4.78 is 2.57. The van der Waals surface area contributed by atoms with Crippen LogP contribution in [0.3, 0.4) is 0 Å². The Bertz CT molecular complexity index is 695. The molecule has 0 aliphatic carbocycles. The molecule has 0 amide bonds. The Balaban J connectivity index is 2.43. The van der Waals surface area contributed by atoms with Crippen molar-refractivity contribution in [2.75, 3.05) is 0 Å². The van der Waals surface area contributed by atoms with Crippen LogP contribution in [0.15, 0.2) is 40.0 Å². The lowest BCUT2D eigenvalue weighted by Crippen LogP contribution is -2.19. The minimum atomic E-state index is -1.22. The molecule has 2 aromatic rings. The molecule has 0 unspecified atom stereocenters. The number of halogens is 1. The molecule has 0 aromatic carbocycles. The normalized spacial score (nSPS) is 10.4. The monoisotopic (exact) mass is 322 g/mol. The quantitative estimate of drug-likeness (QED) is 0.938. The fourth-order valence-electron chi connectivity index (χ4n) is 1.74. The van der Waals surface area contributed by atoms with Crippen molar-refractivity contribution in [3.63, 3.8) is 0 Å². The highest BCUT2D eigenvalue weighted by Gasteiger charge is 2.10. The summed E-state index contributed by atoms with van der Waals surface area (Å²) >= 11 is 3.33. The van der Waals surface area contributed by atoms with Gasteiger partial charge in [-0.2, -0.15) is 0 Å². The Hall–Kier alpha value is -1.95. The number of aryl methyl sites for hydroxylation is 1. The van der Waals surface area contributed by atoms with Gasteiger partial charge in [-0.3, -0.25) is 9.78 Å². The van der Waals surface area contributed by atoms with Crippen molar-refractivity contribution in [1.29, 1.82) is 0 Å². The van der Waals surface area contributed by atoms with Crippen LogP contribution in [0.25, 0.3) is 0 Å². The minimum absolute atomic E-state index is 0.228. The van der Waals surface area contributed by atoms with Gasteiger partial charge in [0.1, 0.15) is 5.56 Å². The summed E-state index contributed by atoms with van der Waals surface area (Å²) in [4.78, 5) is 26.5. The molecule has 6 heteroatoms. The Morgan fingerprint density at radius 1 is 1.42 bits per heavy atom. The second-order valence-corrected chi connectivity index (χ2v) is 5.05. The summed E-state index contributed by atoms with van der Waals surface area (Å²) in [6.45, 7) is 2.22. The number of aromatic nitrogens is 2. The van der Waals surface area contributed by atoms with Crippen LogP contribution in [0.5, 0.6) is 0 Å². The standard InChI is InChI=1S/C13H11BrN2O3/c1-8-2-12(17)11(13(18)19)7-16(8)6-9-3-10(14)5-15-4-9/h2-5,7H,6H2,1H3,(H,18,19). The maximum absolute atomic E-state index is 11.5. The molecule has 0 atom stereocenters. The van der Waals surface area contributed by atoms with E-state index in [0.717, 1.165) is 10.0 Å². The van der Waals surface area contributed by atoms with Gasteiger partial charge in [0.25, 0.3) is 0 Å². The molecular weight excluding hydrogens is 312 g/mol. The highest BCUT2D eigenvalue weighted by molar-refractivity contribution is 9.10. The number of pyridine rings is 2. The van der Waals surface area contributed by atoms with Gasteiger partial charge in [0, 0.05) is 41.4 Å². The van der Waals surface area contributed by atoms with Crippen molar-refractivity contribution in [3.8, 4) is 0 Å². The molecule has 0 spiro atoms. The van der Waals surface area contributed by atoms with Crippen LogP contribution in [-0.4, -0.2) is 20.6 Å². The number of rotatable bonds is 3. The fraction of sp³-hybridized carbons (Fsp3) is 0.154. The van der Waals surface area contributed by atoms with Gasteiger partial charge < -0.3 is 9.67 Å². The third-order valence-electron chi connectivity index (χ3n) is 2.69. The third kappa shape index (κ3) is 3.08. The van der Waals surface area contributed by atoms with Crippen molar-refractivity contribution in [1.82, 2.24) is 9.55 Å². The molecular formula is C13H11BrN2O3. The summed E-state index contributed by atoms with van der Waals surface area (Å²) in [5.41, 5.74) is 0.912. The topological polar surface area (TPSA) is 72.2 Å². The highest BCUT2D eigenvalue weighted by atomic mass is 79.9. The Kier molecular flexibility index (Phi) is 3.80. The van der Waals surface area contributed by atoms with E-state index >= 15 is 0 Å². The lowest BCUT2D eigenvalue weighted by molar-refractivity contribution is 0.0694. The first-order valence-corrected chi connectivity index (χ1v) is 6.30. The minimum Gasteiger partial charge on any atom is -0.477 e. The van der Waals surface area contributed by atoms with E-state index in [4.69, 9.17) is 5.11 Å². The van der Waals surface area contributed by atoms with Gasteiger partial charge in [-0.25, -0.2) is 4.79 Å². The number of carboxylic acid groups (broad SMARTS) is 1. The van der Waals surface area contributed by atoms with Crippen LogP contribution in [-0.2, 0) is 6.54 Å². The zero-order valence-electron chi connectivity index (χ0n) is 10.1. The number of aromatic carboxylic acids is 1. The molecule has 5 nitrogen and oxygen atoms in total. The molecule has 0 fully saturated rings. The highest BCUT2D eigenvalue weighted by Crippen LogP contribution is 2.12. The van der Waals surface area contributed by atoms with E-state index in [2.05, 4.69) is 20.9 Å². The summed E-state index contributed by atoms with van der Waals surface area (Å²) in [6, 6.07) is 3.22. The summed E-state index contributed by atoms with van der Waals surface area (Å²) in [6.07, 6.45) is 4.73. The maximum atomic E-state index is 11.5. The molecule has 0 bridgehead atoms. The maximum Gasteiger partial charge on any atom is 0.341 e.